The van der Waals surface area contributed by atoms with E-state index in [2.05, 4.69) is 5.32 Å². The molecule has 0 aliphatic heterocycles. The van der Waals surface area contributed by atoms with Crippen LogP contribution in [0.25, 0.3) is 0 Å². The van der Waals surface area contributed by atoms with E-state index in [1.165, 1.54) is 0 Å². The van der Waals surface area contributed by atoms with Crippen LogP contribution in [0.1, 0.15) is 37.6 Å². The second-order valence-electron chi connectivity index (χ2n) is 7.29. The minimum atomic E-state index is -1.01. The lowest BCUT2D eigenvalue weighted by Crippen LogP contribution is -2.46. The first-order valence-corrected chi connectivity index (χ1v) is 8.19. The van der Waals surface area contributed by atoms with Gasteiger partial charge in [0.1, 0.15) is 12.2 Å². The maximum atomic E-state index is 12.1. The monoisotopic (exact) mass is 351 g/mol. The van der Waals surface area contributed by atoms with Crippen molar-refractivity contribution in [1.82, 2.24) is 5.32 Å². The molecular formula is C18H25NO6. The normalized spacial score (nSPS) is 23.5. The van der Waals surface area contributed by atoms with E-state index in [9.17, 15) is 14.7 Å². The molecule has 0 radical (unpaired) electrons. The number of aliphatic hydroxyl groups is 2. The fourth-order valence-corrected chi connectivity index (χ4v) is 2.67. The molecule has 0 aromatic heterocycles. The van der Waals surface area contributed by atoms with E-state index in [1.54, 1.807) is 51.1 Å². The topological polar surface area (TPSA) is 105 Å². The van der Waals surface area contributed by atoms with Gasteiger partial charge in [0.15, 0.2) is 0 Å². The number of aliphatic hydroxyl groups excluding tert-OH is 2. The molecule has 1 aliphatic carbocycles. The van der Waals surface area contributed by atoms with E-state index >= 15 is 0 Å². The summed E-state index contributed by atoms with van der Waals surface area (Å²) in [6, 6.07) is 8.49. The number of nitrogens with one attached hydrogen (secondary N) is 1. The molecule has 7 nitrogen and oxygen atoms in total. The molecule has 1 saturated carbocycles. The molecule has 0 bridgehead atoms. The van der Waals surface area contributed by atoms with Gasteiger partial charge in [0.25, 0.3) is 0 Å². The van der Waals surface area contributed by atoms with E-state index in [-0.39, 0.29) is 6.61 Å². The van der Waals surface area contributed by atoms with Crippen LogP contribution in [0.4, 0.5) is 4.79 Å². The number of hydrogen-bond acceptors (Lipinski definition) is 6. The average Bonchev–Trinajstić information content (AvgIpc) is 3.25. The first-order valence-electron chi connectivity index (χ1n) is 8.19. The quantitative estimate of drug-likeness (QED) is 0.671. The maximum absolute atomic E-state index is 12.1. The molecule has 1 aliphatic rings. The van der Waals surface area contributed by atoms with Crippen molar-refractivity contribution >= 4 is 12.1 Å². The molecule has 7 heteroatoms. The number of benzene rings is 1. The highest BCUT2D eigenvalue weighted by molar-refractivity contribution is 5.89. The Balaban J connectivity index is 2.02. The summed E-state index contributed by atoms with van der Waals surface area (Å²) in [5, 5.41) is 21.7. The Bertz CT molecular complexity index is 612. The van der Waals surface area contributed by atoms with Crippen molar-refractivity contribution in [3.05, 3.63) is 35.9 Å². The number of hydrogen-bond donors (Lipinski definition) is 3. The smallest absolute Gasteiger partial charge is 0.408 e. The zero-order valence-electron chi connectivity index (χ0n) is 14.7. The fourth-order valence-electron chi connectivity index (χ4n) is 2.67. The Labute approximate surface area is 146 Å². The summed E-state index contributed by atoms with van der Waals surface area (Å²) in [6.07, 6.45) is -1.28. The molecule has 0 heterocycles. The van der Waals surface area contributed by atoms with Crippen molar-refractivity contribution in [2.24, 2.45) is 5.92 Å². The van der Waals surface area contributed by atoms with Crippen LogP contribution in [0.3, 0.4) is 0 Å². The Morgan fingerprint density at radius 3 is 2.52 bits per heavy atom. The Hall–Kier alpha value is -2.12. The number of esters is 1. The van der Waals surface area contributed by atoms with E-state index in [0.717, 1.165) is 0 Å². The van der Waals surface area contributed by atoms with Crippen molar-refractivity contribution in [2.45, 2.75) is 44.4 Å². The van der Waals surface area contributed by atoms with Crippen LogP contribution in [-0.4, -0.2) is 52.7 Å². The van der Waals surface area contributed by atoms with Gasteiger partial charge in [0.2, 0.25) is 0 Å². The molecular weight excluding hydrogens is 326 g/mol. The van der Waals surface area contributed by atoms with Gasteiger partial charge in [-0.3, -0.25) is 0 Å². The molecule has 1 aromatic rings. The lowest BCUT2D eigenvalue weighted by Gasteiger charge is -2.25. The number of alkyl carbamates (subject to hydrolysis) is 1. The minimum absolute atomic E-state index is 0.109. The minimum Gasteiger partial charge on any atom is -0.460 e. The summed E-state index contributed by atoms with van der Waals surface area (Å²) in [7, 11) is 0. The van der Waals surface area contributed by atoms with Crippen LogP contribution >= 0.6 is 0 Å². The van der Waals surface area contributed by atoms with Gasteiger partial charge < -0.3 is 25.0 Å². The standard InChI is InChI=1S/C18H25NO6/c1-17(2,3)25-16(23)19-18(9-13(18)14(21)10-20)11-24-15(22)12-7-5-4-6-8-12/h4-8,13-14,20-21H,9-11H2,1-3H3,(H,19,23)/t13-,14+,18+/m0/s1. The van der Waals surface area contributed by atoms with Crippen molar-refractivity contribution in [2.75, 3.05) is 13.2 Å². The summed E-state index contributed by atoms with van der Waals surface area (Å²) in [5.41, 5.74) is -1.21. The lowest BCUT2D eigenvalue weighted by molar-refractivity contribution is 0.0252. The number of carbonyl (C=O) groups is 2. The third kappa shape index (κ3) is 5.17. The van der Waals surface area contributed by atoms with E-state index in [4.69, 9.17) is 14.6 Å². The summed E-state index contributed by atoms with van der Waals surface area (Å²) in [4.78, 5) is 24.2. The largest absolute Gasteiger partial charge is 0.460 e. The first-order chi connectivity index (χ1) is 11.7. The Kier molecular flexibility index (Phi) is 5.69. The molecule has 0 saturated heterocycles. The van der Waals surface area contributed by atoms with Gasteiger partial charge >= 0.3 is 12.1 Å². The van der Waals surface area contributed by atoms with Crippen molar-refractivity contribution in [3.8, 4) is 0 Å². The molecule has 0 unspecified atom stereocenters. The Morgan fingerprint density at radius 1 is 1.32 bits per heavy atom. The van der Waals surface area contributed by atoms with Gasteiger partial charge in [-0.25, -0.2) is 9.59 Å². The van der Waals surface area contributed by atoms with Crippen molar-refractivity contribution in [1.29, 1.82) is 0 Å². The zero-order chi connectivity index (χ0) is 18.7. The molecule has 3 N–H and O–H groups in total. The molecule has 0 spiro atoms. The third-order valence-corrected chi connectivity index (χ3v) is 4.01. The average molecular weight is 351 g/mol. The van der Waals surface area contributed by atoms with E-state index < -0.39 is 41.8 Å². The number of rotatable bonds is 6. The van der Waals surface area contributed by atoms with Crippen LogP contribution < -0.4 is 5.32 Å². The predicted octanol–water partition coefficient (Wildman–Crippen LogP) is 1.48. The van der Waals surface area contributed by atoms with Crippen LogP contribution in [0.15, 0.2) is 30.3 Å². The SMILES string of the molecule is CC(C)(C)OC(=O)N[C@@]1(COC(=O)c2ccccc2)C[C@H]1[C@H](O)CO. The Morgan fingerprint density at radius 2 is 1.96 bits per heavy atom. The zero-order valence-corrected chi connectivity index (χ0v) is 14.7. The molecule has 25 heavy (non-hydrogen) atoms. The fraction of sp³-hybridized carbons (Fsp3) is 0.556. The number of carbonyl (C=O) groups excluding carboxylic acids is 2. The maximum Gasteiger partial charge on any atom is 0.408 e. The lowest BCUT2D eigenvalue weighted by atomic mass is 10.1. The second kappa shape index (κ2) is 7.41. The van der Waals surface area contributed by atoms with Crippen molar-refractivity contribution < 1.29 is 29.3 Å². The van der Waals surface area contributed by atoms with Gasteiger partial charge in [-0.2, -0.15) is 0 Å². The molecule has 2 rings (SSSR count). The highest BCUT2D eigenvalue weighted by atomic mass is 16.6. The number of amides is 1. The summed E-state index contributed by atoms with van der Waals surface area (Å²) in [5.74, 6) is -0.927. The van der Waals surface area contributed by atoms with Gasteiger partial charge in [-0.05, 0) is 39.3 Å². The summed E-state index contributed by atoms with van der Waals surface area (Å²) < 4.78 is 10.5. The molecule has 3 atom stereocenters. The summed E-state index contributed by atoms with van der Waals surface area (Å²) in [6.45, 7) is 4.67. The van der Waals surface area contributed by atoms with Crippen LogP contribution in [0.5, 0.6) is 0 Å². The first kappa shape index (κ1) is 19.2. The highest BCUT2D eigenvalue weighted by Gasteiger charge is 2.59. The van der Waals surface area contributed by atoms with Crippen LogP contribution in [0.2, 0.25) is 0 Å². The van der Waals surface area contributed by atoms with Gasteiger partial charge in [-0.15, -0.1) is 0 Å². The molecule has 1 amide bonds. The highest BCUT2D eigenvalue weighted by Crippen LogP contribution is 2.46. The molecule has 1 fully saturated rings. The van der Waals surface area contributed by atoms with Gasteiger partial charge in [-0.1, -0.05) is 18.2 Å². The summed E-state index contributed by atoms with van der Waals surface area (Å²) >= 11 is 0. The second-order valence-corrected chi connectivity index (χ2v) is 7.29. The molecule has 1 aromatic carbocycles. The van der Waals surface area contributed by atoms with Crippen LogP contribution in [0, 0.1) is 5.92 Å². The van der Waals surface area contributed by atoms with Crippen molar-refractivity contribution in [3.63, 3.8) is 0 Å². The number of ether oxygens (including phenoxy) is 2. The third-order valence-electron chi connectivity index (χ3n) is 4.01. The van der Waals surface area contributed by atoms with Gasteiger partial charge in [0.05, 0.1) is 23.8 Å². The van der Waals surface area contributed by atoms with Gasteiger partial charge in [0, 0.05) is 5.92 Å². The van der Waals surface area contributed by atoms with Crippen LogP contribution in [-0.2, 0) is 9.47 Å². The van der Waals surface area contributed by atoms with E-state index in [1.807, 2.05) is 0 Å². The molecule has 138 valence electrons. The predicted molar refractivity (Wildman–Crippen MR) is 90.0 cm³/mol. The van der Waals surface area contributed by atoms with E-state index in [0.29, 0.717) is 12.0 Å².